The van der Waals surface area contributed by atoms with Crippen molar-refractivity contribution >= 4 is 33.2 Å². The van der Waals surface area contributed by atoms with E-state index in [2.05, 4.69) is 4.98 Å². The summed E-state index contributed by atoms with van der Waals surface area (Å²) in [5.41, 5.74) is 1.94. The second-order valence-corrected chi connectivity index (χ2v) is 7.57. The zero-order valence-corrected chi connectivity index (χ0v) is 15.4. The summed E-state index contributed by atoms with van der Waals surface area (Å²) in [6, 6.07) is 14.2. The Hall–Kier alpha value is -2.50. The van der Waals surface area contributed by atoms with Gasteiger partial charge in [-0.05, 0) is 24.6 Å². The van der Waals surface area contributed by atoms with Crippen molar-refractivity contribution in [2.24, 2.45) is 0 Å². The number of rotatable bonds is 3. The molecule has 2 heterocycles. The van der Waals surface area contributed by atoms with Crippen LogP contribution in [0.25, 0.3) is 21.3 Å². The topological polar surface area (TPSA) is 34.9 Å². The minimum absolute atomic E-state index is 0.0381. The Balaban J connectivity index is 1.92. The molecule has 3 nitrogen and oxygen atoms in total. The highest BCUT2D eigenvalue weighted by atomic mass is 35.5. The fraction of sp³-hybridized carbons (Fsp3) is 0.100. The molecular weight excluding hydrogens is 371 g/mol. The van der Waals surface area contributed by atoms with Crippen molar-refractivity contribution in [1.29, 1.82) is 0 Å². The Bertz CT molecular complexity index is 1150. The summed E-state index contributed by atoms with van der Waals surface area (Å²) in [6.07, 6.45) is 1.46. The number of thiophene rings is 1. The molecular formula is C20H14ClFN2OS. The van der Waals surface area contributed by atoms with E-state index < -0.39 is 5.82 Å². The van der Waals surface area contributed by atoms with Crippen LogP contribution in [0.3, 0.4) is 0 Å². The summed E-state index contributed by atoms with van der Waals surface area (Å²) in [4.78, 5) is 19.3. The molecule has 2 aromatic carbocycles. The van der Waals surface area contributed by atoms with E-state index in [1.54, 1.807) is 12.1 Å². The average molecular weight is 385 g/mol. The number of aryl methyl sites for hydroxylation is 1. The minimum atomic E-state index is -0.436. The molecule has 26 heavy (non-hydrogen) atoms. The molecule has 0 aliphatic rings. The lowest BCUT2D eigenvalue weighted by molar-refractivity contribution is 0.595. The Kier molecular flexibility index (Phi) is 4.34. The van der Waals surface area contributed by atoms with Crippen LogP contribution in [0.2, 0.25) is 5.02 Å². The fourth-order valence-electron chi connectivity index (χ4n) is 3.06. The van der Waals surface area contributed by atoms with Crippen molar-refractivity contribution in [2.45, 2.75) is 13.5 Å². The molecule has 130 valence electrons. The second kappa shape index (κ2) is 6.67. The van der Waals surface area contributed by atoms with Crippen LogP contribution < -0.4 is 5.56 Å². The molecule has 0 atom stereocenters. The third-order valence-corrected chi connectivity index (χ3v) is 5.67. The molecule has 4 rings (SSSR count). The lowest BCUT2D eigenvalue weighted by atomic mass is 10.0. The van der Waals surface area contributed by atoms with Crippen LogP contribution in [-0.2, 0) is 6.54 Å². The summed E-state index contributed by atoms with van der Waals surface area (Å²) < 4.78 is 15.5. The third-order valence-electron chi connectivity index (χ3n) is 4.31. The maximum Gasteiger partial charge on any atom is 0.263 e. The smallest absolute Gasteiger partial charge is 0.263 e. The Morgan fingerprint density at radius 2 is 1.92 bits per heavy atom. The quantitative estimate of drug-likeness (QED) is 0.482. The molecule has 0 spiro atoms. The van der Waals surface area contributed by atoms with Gasteiger partial charge in [-0.2, -0.15) is 0 Å². The zero-order valence-electron chi connectivity index (χ0n) is 13.9. The summed E-state index contributed by atoms with van der Waals surface area (Å²) in [5.74, 6) is -0.436. The van der Waals surface area contributed by atoms with Gasteiger partial charge in [-0.25, -0.2) is 9.37 Å². The summed E-state index contributed by atoms with van der Waals surface area (Å²) in [6.45, 7) is 2.02. The van der Waals surface area contributed by atoms with Crippen LogP contribution in [0, 0.1) is 12.7 Å². The van der Waals surface area contributed by atoms with E-state index in [1.807, 2.05) is 37.3 Å². The molecule has 2 aromatic heterocycles. The first-order valence-electron chi connectivity index (χ1n) is 8.03. The molecule has 0 bridgehead atoms. The summed E-state index contributed by atoms with van der Waals surface area (Å²) in [5, 5.41) is 0.857. The third kappa shape index (κ3) is 2.83. The number of hydrogen-bond acceptors (Lipinski definition) is 3. The van der Waals surface area contributed by atoms with Crippen molar-refractivity contribution in [1.82, 2.24) is 9.55 Å². The maximum absolute atomic E-state index is 14.1. The molecule has 0 unspecified atom stereocenters. The number of halogens is 2. The first-order chi connectivity index (χ1) is 12.6. The normalized spacial score (nSPS) is 11.2. The number of fused-ring (bicyclic) bond motifs is 1. The van der Waals surface area contributed by atoms with Gasteiger partial charge in [0.05, 0.1) is 18.3 Å². The van der Waals surface area contributed by atoms with Crippen LogP contribution in [0.15, 0.2) is 59.7 Å². The van der Waals surface area contributed by atoms with Crippen molar-refractivity contribution in [3.05, 3.63) is 86.5 Å². The van der Waals surface area contributed by atoms with Crippen LogP contribution in [0.1, 0.15) is 10.4 Å². The zero-order chi connectivity index (χ0) is 18.3. The number of nitrogens with zero attached hydrogens (tertiary/aromatic N) is 2. The molecule has 0 saturated heterocycles. The molecule has 6 heteroatoms. The Morgan fingerprint density at radius 3 is 2.65 bits per heavy atom. The first-order valence-corrected chi connectivity index (χ1v) is 9.22. The van der Waals surface area contributed by atoms with Gasteiger partial charge in [0, 0.05) is 21.0 Å². The Labute approximate surface area is 158 Å². The predicted molar refractivity (Wildman–Crippen MR) is 105 cm³/mol. The Morgan fingerprint density at radius 1 is 1.15 bits per heavy atom. The predicted octanol–water partition coefficient (Wildman–Crippen LogP) is 5.27. The highest BCUT2D eigenvalue weighted by molar-refractivity contribution is 7.19. The van der Waals surface area contributed by atoms with E-state index in [0.717, 1.165) is 16.0 Å². The van der Waals surface area contributed by atoms with E-state index in [1.165, 1.54) is 28.3 Å². The molecule has 0 fully saturated rings. The number of aromatic nitrogens is 2. The van der Waals surface area contributed by atoms with Crippen molar-refractivity contribution < 1.29 is 4.39 Å². The average Bonchev–Trinajstić information content (AvgIpc) is 2.97. The van der Waals surface area contributed by atoms with Gasteiger partial charge in [0.1, 0.15) is 10.6 Å². The summed E-state index contributed by atoms with van der Waals surface area (Å²) in [7, 11) is 0. The second-order valence-electron chi connectivity index (χ2n) is 5.96. The van der Waals surface area contributed by atoms with Gasteiger partial charge in [-0.1, -0.05) is 48.0 Å². The minimum Gasteiger partial charge on any atom is -0.294 e. The SMILES string of the molecule is Cc1sc2ncn(Cc3c(F)cccc3Cl)c(=O)c2c1-c1ccccc1. The highest BCUT2D eigenvalue weighted by Gasteiger charge is 2.17. The van der Waals surface area contributed by atoms with Crippen LogP contribution in [0.5, 0.6) is 0 Å². The van der Waals surface area contributed by atoms with Crippen LogP contribution in [0.4, 0.5) is 4.39 Å². The number of hydrogen-bond donors (Lipinski definition) is 0. The van der Waals surface area contributed by atoms with E-state index in [-0.39, 0.29) is 17.7 Å². The lowest BCUT2D eigenvalue weighted by Gasteiger charge is -2.09. The van der Waals surface area contributed by atoms with Gasteiger partial charge >= 0.3 is 0 Å². The summed E-state index contributed by atoms with van der Waals surface area (Å²) >= 11 is 7.59. The molecule has 0 saturated carbocycles. The molecule has 0 aliphatic carbocycles. The van der Waals surface area contributed by atoms with Gasteiger partial charge < -0.3 is 0 Å². The van der Waals surface area contributed by atoms with Crippen molar-refractivity contribution in [2.75, 3.05) is 0 Å². The number of benzene rings is 2. The van der Waals surface area contributed by atoms with Crippen LogP contribution in [-0.4, -0.2) is 9.55 Å². The largest absolute Gasteiger partial charge is 0.294 e. The molecule has 0 radical (unpaired) electrons. The van der Waals surface area contributed by atoms with Crippen molar-refractivity contribution in [3.8, 4) is 11.1 Å². The molecule has 0 N–H and O–H groups in total. The molecule has 0 amide bonds. The van der Waals surface area contributed by atoms with Gasteiger partial charge in [-0.15, -0.1) is 11.3 Å². The van der Waals surface area contributed by atoms with E-state index in [9.17, 15) is 9.18 Å². The fourth-order valence-corrected chi connectivity index (χ4v) is 4.28. The molecule has 0 aliphatic heterocycles. The first kappa shape index (κ1) is 16.9. The molecule has 4 aromatic rings. The van der Waals surface area contributed by atoms with Gasteiger partial charge in [-0.3, -0.25) is 9.36 Å². The van der Waals surface area contributed by atoms with Gasteiger partial charge in [0.25, 0.3) is 5.56 Å². The van der Waals surface area contributed by atoms with Crippen molar-refractivity contribution in [3.63, 3.8) is 0 Å². The monoisotopic (exact) mass is 384 g/mol. The van der Waals surface area contributed by atoms with Gasteiger partial charge in [0.15, 0.2) is 0 Å². The highest BCUT2D eigenvalue weighted by Crippen LogP contribution is 2.35. The maximum atomic E-state index is 14.1. The van der Waals surface area contributed by atoms with Crippen LogP contribution >= 0.6 is 22.9 Å². The lowest BCUT2D eigenvalue weighted by Crippen LogP contribution is -2.21. The van der Waals surface area contributed by atoms with E-state index in [0.29, 0.717) is 15.2 Å². The van der Waals surface area contributed by atoms with Gasteiger partial charge in [0.2, 0.25) is 0 Å². The standard InChI is InChI=1S/C20H14ClFN2OS/c1-12-17(13-6-3-2-4-7-13)18-19(26-12)23-11-24(20(18)25)10-14-15(21)8-5-9-16(14)22/h2-9,11H,10H2,1H3. The van der Waals surface area contributed by atoms with E-state index >= 15 is 0 Å². The van der Waals surface area contributed by atoms with E-state index in [4.69, 9.17) is 11.6 Å².